The number of anilines is 1. The van der Waals surface area contributed by atoms with E-state index in [4.69, 9.17) is 9.47 Å². The van der Waals surface area contributed by atoms with Gasteiger partial charge in [0.05, 0.1) is 6.04 Å². The number of nitrogens with one attached hydrogen (secondary N) is 1. The number of hydrogen-bond donors (Lipinski definition) is 1. The van der Waals surface area contributed by atoms with Gasteiger partial charge in [-0.05, 0) is 50.4 Å². The molecule has 0 fully saturated rings. The predicted molar refractivity (Wildman–Crippen MR) is 101 cm³/mol. The second-order valence-corrected chi connectivity index (χ2v) is 7.02. The zero-order valence-corrected chi connectivity index (χ0v) is 15.8. The van der Waals surface area contributed by atoms with Crippen molar-refractivity contribution >= 4 is 27.5 Å². The third-order valence-electron chi connectivity index (χ3n) is 4.21. The molecule has 6 heteroatoms. The highest BCUT2D eigenvalue weighted by atomic mass is 79.9. The van der Waals surface area contributed by atoms with Gasteiger partial charge in [0.1, 0.15) is 12.7 Å². The number of rotatable bonds is 5. The van der Waals surface area contributed by atoms with Gasteiger partial charge in [0, 0.05) is 16.7 Å². The summed E-state index contributed by atoms with van der Waals surface area (Å²) in [6.45, 7) is 2.96. The van der Waals surface area contributed by atoms with E-state index in [1.165, 1.54) is 0 Å². The molecule has 132 valence electrons. The molecule has 0 aromatic heterocycles. The molecule has 1 amide bonds. The number of ether oxygens (including phenoxy) is 2. The molecule has 3 rings (SSSR count). The van der Waals surface area contributed by atoms with E-state index in [2.05, 4.69) is 21.2 Å². The van der Waals surface area contributed by atoms with Crippen molar-refractivity contribution in [1.82, 2.24) is 4.90 Å². The Morgan fingerprint density at radius 3 is 2.64 bits per heavy atom. The van der Waals surface area contributed by atoms with Crippen LogP contribution >= 0.6 is 15.9 Å². The Morgan fingerprint density at radius 2 is 1.92 bits per heavy atom. The van der Waals surface area contributed by atoms with Gasteiger partial charge >= 0.3 is 0 Å². The van der Waals surface area contributed by atoms with Crippen LogP contribution in [0.2, 0.25) is 0 Å². The van der Waals surface area contributed by atoms with E-state index < -0.39 is 0 Å². The SMILES string of the molecule is C[C@@H](C(=O)Nc1ccc(Br)cc1)N(C)C[C@@H]1COc2ccccc2O1. The zero-order valence-electron chi connectivity index (χ0n) is 14.2. The fourth-order valence-electron chi connectivity index (χ4n) is 2.61. The molecule has 1 heterocycles. The number of hydrogen-bond acceptors (Lipinski definition) is 4. The second-order valence-electron chi connectivity index (χ2n) is 6.11. The van der Waals surface area contributed by atoms with Crippen LogP contribution in [-0.4, -0.2) is 43.2 Å². The van der Waals surface area contributed by atoms with Crippen molar-refractivity contribution in [3.05, 3.63) is 53.0 Å². The molecule has 0 radical (unpaired) electrons. The van der Waals surface area contributed by atoms with Gasteiger partial charge in [0.25, 0.3) is 0 Å². The van der Waals surface area contributed by atoms with Crippen molar-refractivity contribution in [3.8, 4) is 11.5 Å². The quantitative estimate of drug-likeness (QED) is 0.827. The lowest BCUT2D eigenvalue weighted by molar-refractivity contribution is -0.120. The molecule has 25 heavy (non-hydrogen) atoms. The first-order chi connectivity index (χ1) is 12.0. The Labute approximate surface area is 156 Å². The largest absolute Gasteiger partial charge is 0.486 e. The molecular formula is C19H21BrN2O3. The lowest BCUT2D eigenvalue weighted by atomic mass is 10.2. The highest BCUT2D eigenvalue weighted by Gasteiger charge is 2.26. The van der Waals surface area contributed by atoms with E-state index in [-0.39, 0.29) is 18.1 Å². The third-order valence-corrected chi connectivity index (χ3v) is 4.74. The minimum Gasteiger partial charge on any atom is -0.486 e. The Balaban J connectivity index is 1.54. The minimum atomic E-state index is -0.288. The number of benzene rings is 2. The number of likely N-dealkylation sites (N-methyl/N-ethyl adjacent to an activating group) is 1. The van der Waals surface area contributed by atoms with Gasteiger partial charge in [-0.1, -0.05) is 28.1 Å². The van der Waals surface area contributed by atoms with E-state index in [0.29, 0.717) is 13.2 Å². The average Bonchev–Trinajstić information content (AvgIpc) is 2.62. The lowest BCUT2D eigenvalue weighted by Gasteiger charge is -2.31. The van der Waals surface area contributed by atoms with Gasteiger partial charge in [0.15, 0.2) is 11.5 Å². The number of carbonyl (C=O) groups excluding carboxylic acids is 1. The normalized spacial score (nSPS) is 17.2. The van der Waals surface area contributed by atoms with Crippen LogP contribution in [0.5, 0.6) is 11.5 Å². The van der Waals surface area contributed by atoms with Crippen molar-refractivity contribution < 1.29 is 14.3 Å². The first-order valence-electron chi connectivity index (χ1n) is 8.18. The summed E-state index contributed by atoms with van der Waals surface area (Å²) in [4.78, 5) is 14.4. The van der Waals surface area contributed by atoms with Gasteiger partial charge in [-0.3, -0.25) is 9.69 Å². The molecule has 5 nitrogen and oxygen atoms in total. The summed E-state index contributed by atoms with van der Waals surface area (Å²) in [5.41, 5.74) is 0.777. The van der Waals surface area contributed by atoms with Crippen LogP contribution in [0.15, 0.2) is 53.0 Å². The van der Waals surface area contributed by atoms with Crippen molar-refractivity contribution in [2.24, 2.45) is 0 Å². The van der Waals surface area contributed by atoms with Crippen LogP contribution in [0.25, 0.3) is 0 Å². The van der Waals surface area contributed by atoms with Crippen molar-refractivity contribution in [2.75, 3.05) is 25.5 Å². The molecule has 1 aliphatic heterocycles. The number of para-hydroxylation sites is 2. The Bertz CT molecular complexity index is 736. The molecule has 0 aliphatic carbocycles. The summed E-state index contributed by atoms with van der Waals surface area (Å²) in [5, 5.41) is 2.93. The molecule has 1 aliphatic rings. The van der Waals surface area contributed by atoms with Crippen LogP contribution < -0.4 is 14.8 Å². The topological polar surface area (TPSA) is 50.8 Å². The van der Waals surface area contributed by atoms with E-state index in [1.54, 1.807) is 0 Å². The number of carbonyl (C=O) groups is 1. The molecule has 0 unspecified atom stereocenters. The minimum absolute atomic E-state index is 0.0537. The van der Waals surface area contributed by atoms with E-state index in [1.807, 2.05) is 67.4 Å². The monoisotopic (exact) mass is 404 g/mol. The summed E-state index contributed by atoms with van der Waals surface area (Å²) < 4.78 is 12.7. The van der Waals surface area contributed by atoms with E-state index >= 15 is 0 Å². The number of fused-ring (bicyclic) bond motifs is 1. The Kier molecular flexibility index (Phi) is 5.60. The predicted octanol–water partition coefficient (Wildman–Crippen LogP) is 3.55. The van der Waals surface area contributed by atoms with E-state index in [9.17, 15) is 4.79 Å². The Hall–Kier alpha value is -2.05. The highest BCUT2D eigenvalue weighted by molar-refractivity contribution is 9.10. The summed E-state index contributed by atoms with van der Waals surface area (Å²) in [6.07, 6.45) is -0.108. The van der Waals surface area contributed by atoms with Gasteiger partial charge < -0.3 is 14.8 Å². The molecule has 2 aromatic rings. The second kappa shape index (κ2) is 7.89. The summed E-state index contributed by atoms with van der Waals surface area (Å²) in [7, 11) is 1.91. The summed E-state index contributed by atoms with van der Waals surface area (Å²) in [5.74, 6) is 1.46. The van der Waals surface area contributed by atoms with Gasteiger partial charge in [0.2, 0.25) is 5.91 Å². The van der Waals surface area contributed by atoms with Gasteiger partial charge in [-0.15, -0.1) is 0 Å². The molecule has 0 bridgehead atoms. The maximum atomic E-state index is 12.4. The first kappa shape index (κ1) is 17.8. The average molecular weight is 405 g/mol. The van der Waals surface area contributed by atoms with Crippen molar-refractivity contribution in [2.45, 2.75) is 19.1 Å². The fraction of sp³-hybridized carbons (Fsp3) is 0.316. The molecule has 0 saturated carbocycles. The molecule has 2 aromatic carbocycles. The third kappa shape index (κ3) is 4.52. The smallest absolute Gasteiger partial charge is 0.241 e. The highest BCUT2D eigenvalue weighted by Crippen LogP contribution is 2.31. The van der Waals surface area contributed by atoms with Crippen molar-refractivity contribution in [1.29, 1.82) is 0 Å². The number of halogens is 1. The van der Waals surface area contributed by atoms with Crippen LogP contribution in [0, 0.1) is 0 Å². The molecular weight excluding hydrogens is 384 g/mol. The van der Waals surface area contributed by atoms with Crippen LogP contribution in [0.1, 0.15) is 6.92 Å². The lowest BCUT2D eigenvalue weighted by Crippen LogP contribution is -2.46. The van der Waals surface area contributed by atoms with Gasteiger partial charge in [-0.25, -0.2) is 0 Å². The van der Waals surface area contributed by atoms with Gasteiger partial charge in [-0.2, -0.15) is 0 Å². The fourth-order valence-corrected chi connectivity index (χ4v) is 2.88. The van der Waals surface area contributed by atoms with Crippen LogP contribution in [-0.2, 0) is 4.79 Å². The maximum Gasteiger partial charge on any atom is 0.241 e. The molecule has 2 atom stereocenters. The number of nitrogens with zero attached hydrogens (tertiary/aromatic N) is 1. The Morgan fingerprint density at radius 1 is 1.24 bits per heavy atom. The first-order valence-corrected chi connectivity index (χ1v) is 8.97. The number of amides is 1. The zero-order chi connectivity index (χ0) is 17.8. The summed E-state index contributed by atoms with van der Waals surface area (Å²) in [6, 6.07) is 14.9. The molecule has 1 N–H and O–H groups in total. The van der Waals surface area contributed by atoms with Crippen molar-refractivity contribution in [3.63, 3.8) is 0 Å². The van der Waals surface area contributed by atoms with Crippen LogP contribution in [0.3, 0.4) is 0 Å². The molecule has 0 saturated heterocycles. The maximum absolute atomic E-state index is 12.4. The standard InChI is InChI=1S/C19H21BrN2O3/c1-13(19(23)21-15-9-7-14(20)8-10-15)22(2)11-16-12-24-17-5-3-4-6-18(17)25-16/h3-10,13,16H,11-12H2,1-2H3,(H,21,23)/t13-,16+/m0/s1. The molecule has 0 spiro atoms. The summed E-state index contributed by atoms with van der Waals surface area (Å²) >= 11 is 3.38. The van der Waals surface area contributed by atoms with E-state index in [0.717, 1.165) is 21.7 Å². The van der Waals surface area contributed by atoms with Crippen LogP contribution in [0.4, 0.5) is 5.69 Å².